The first-order chi connectivity index (χ1) is 7.27. The van der Waals surface area contributed by atoms with Gasteiger partial charge in [-0.3, -0.25) is 0 Å². The lowest BCUT2D eigenvalue weighted by molar-refractivity contribution is 0.366. The van der Waals surface area contributed by atoms with Gasteiger partial charge >= 0.3 is 0 Å². The predicted octanol–water partition coefficient (Wildman–Crippen LogP) is 2.24. The number of rotatable bonds is 4. The van der Waals surface area contributed by atoms with E-state index in [0.29, 0.717) is 18.2 Å². The third-order valence-corrected chi connectivity index (χ3v) is 2.15. The second kappa shape index (κ2) is 6.34. The largest absolute Gasteiger partial charge is 0.481 e. The maximum atomic E-state index is 5.89. The van der Waals surface area contributed by atoms with Crippen LogP contribution in [0.1, 0.15) is 12.5 Å². The fourth-order valence-corrected chi connectivity index (χ4v) is 1.42. The lowest BCUT2D eigenvalue weighted by Gasteiger charge is -2.08. The monoisotopic (exact) mass is 223 g/mol. The van der Waals surface area contributed by atoms with E-state index in [1.54, 1.807) is 13.0 Å². The summed E-state index contributed by atoms with van der Waals surface area (Å²) in [6.45, 7) is 2.76. The second-order valence-electron chi connectivity index (χ2n) is 3.01. The first-order valence-corrected chi connectivity index (χ1v) is 5.16. The average molecular weight is 224 g/mol. The predicted molar refractivity (Wildman–Crippen MR) is 63.2 cm³/mol. The van der Waals surface area contributed by atoms with Gasteiger partial charge in [0.2, 0.25) is 0 Å². The highest BCUT2D eigenvalue weighted by atomic mass is 35.5. The van der Waals surface area contributed by atoms with E-state index in [1.165, 1.54) is 0 Å². The molecule has 0 aliphatic rings. The molecule has 15 heavy (non-hydrogen) atoms. The molecule has 1 aromatic rings. The van der Waals surface area contributed by atoms with Crippen LogP contribution in [0.2, 0.25) is 5.02 Å². The van der Waals surface area contributed by atoms with Gasteiger partial charge in [0, 0.05) is 5.02 Å². The number of ether oxygens (including phenoxy) is 1. The molecule has 0 fully saturated rings. The Kier molecular flexibility index (Phi) is 5.03. The van der Waals surface area contributed by atoms with E-state index < -0.39 is 0 Å². The Morgan fingerprint density at radius 3 is 2.93 bits per heavy atom. The Labute approximate surface area is 95.4 Å². The number of halogens is 1. The van der Waals surface area contributed by atoms with E-state index in [-0.39, 0.29) is 0 Å². The summed E-state index contributed by atoms with van der Waals surface area (Å²) in [6, 6.07) is 5.53. The van der Waals surface area contributed by atoms with Crippen molar-refractivity contribution in [1.82, 2.24) is 0 Å². The van der Waals surface area contributed by atoms with Crippen LogP contribution in [0.15, 0.2) is 18.2 Å². The Morgan fingerprint density at radius 1 is 1.47 bits per heavy atom. The highest BCUT2D eigenvalue weighted by Crippen LogP contribution is 2.23. The van der Waals surface area contributed by atoms with Crippen molar-refractivity contribution in [2.24, 2.45) is 5.73 Å². The fourth-order valence-electron chi connectivity index (χ4n) is 1.23. The van der Waals surface area contributed by atoms with Crippen molar-refractivity contribution < 1.29 is 4.74 Å². The molecule has 0 spiro atoms. The molecule has 0 unspecified atom stereocenters. The third kappa shape index (κ3) is 3.83. The molecular formula is C12H14ClNO. The summed E-state index contributed by atoms with van der Waals surface area (Å²) in [5, 5.41) is 0.701. The second-order valence-corrected chi connectivity index (χ2v) is 3.44. The molecule has 0 aliphatic carbocycles. The topological polar surface area (TPSA) is 35.2 Å². The first-order valence-electron chi connectivity index (χ1n) is 4.79. The lowest BCUT2D eigenvalue weighted by Crippen LogP contribution is -2.05. The van der Waals surface area contributed by atoms with E-state index in [0.717, 1.165) is 17.7 Å². The number of hydrogen-bond donors (Lipinski definition) is 1. The zero-order valence-corrected chi connectivity index (χ0v) is 9.47. The van der Waals surface area contributed by atoms with Gasteiger partial charge in [0.25, 0.3) is 0 Å². The van der Waals surface area contributed by atoms with Crippen LogP contribution in [0.4, 0.5) is 0 Å². The SMILES string of the molecule is CC#CCOc1ccc(Cl)cc1CCN. The van der Waals surface area contributed by atoms with Gasteiger partial charge < -0.3 is 10.5 Å². The summed E-state index contributed by atoms with van der Waals surface area (Å²) < 4.78 is 5.50. The molecule has 2 nitrogen and oxygen atoms in total. The molecule has 0 saturated heterocycles. The van der Waals surface area contributed by atoms with Crippen LogP contribution in [0.25, 0.3) is 0 Å². The van der Waals surface area contributed by atoms with Gasteiger partial charge in [0.15, 0.2) is 0 Å². The van der Waals surface area contributed by atoms with Crippen LogP contribution in [-0.2, 0) is 6.42 Å². The van der Waals surface area contributed by atoms with Crippen molar-refractivity contribution in [3.05, 3.63) is 28.8 Å². The van der Waals surface area contributed by atoms with Gasteiger partial charge in [-0.15, -0.1) is 5.92 Å². The minimum atomic E-state index is 0.399. The quantitative estimate of drug-likeness (QED) is 0.795. The minimum Gasteiger partial charge on any atom is -0.481 e. The van der Waals surface area contributed by atoms with Crippen LogP contribution < -0.4 is 10.5 Å². The van der Waals surface area contributed by atoms with E-state index >= 15 is 0 Å². The van der Waals surface area contributed by atoms with Gasteiger partial charge in [-0.05, 0) is 43.7 Å². The van der Waals surface area contributed by atoms with Crippen LogP contribution in [0, 0.1) is 11.8 Å². The van der Waals surface area contributed by atoms with Gasteiger partial charge in [0.1, 0.15) is 12.4 Å². The van der Waals surface area contributed by atoms with Crippen LogP contribution >= 0.6 is 11.6 Å². The molecule has 0 aliphatic heterocycles. The zero-order valence-electron chi connectivity index (χ0n) is 8.72. The molecule has 0 bridgehead atoms. The van der Waals surface area contributed by atoms with Crippen LogP contribution in [0.3, 0.4) is 0 Å². The smallest absolute Gasteiger partial charge is 0.149 e. The summed E-state index contributed by atoms with van der Waals surface area (Å²) in [5.41, 5.74) is 6.54. The Hall–Kier alpha value is -1.17. The summed E-state index contributed by atoms with van der Waals surface area (Å²) in [7, 11) is 0. The van der Waals surface area contributed by atoms with Crippen molar-refractivity contribution >= 4 is 11.6 Å². The highest BCUT2D eigenvalue weighted by Gasteiger charge is 2.03. The first kappa shape index (κ1) is 11.9. The van der Waals surface area contributed by atoms with Crippen molar-refractivity contribution in [2.45, 2.75) is 13.3 Å². The summed E-state index contributed by atoms with van der Waals surface area (Å²) in [6.07, 6.45) is 0.759. The number of benzene rings is 1. The van der Waals surface area contributed by atoms with Crippen molar-refractivity contribution in [1.29, 1.82) is 0 Å². The standard InChI is InChI=1S/C12H14ClNO/c1-2-3-8-15-12-5-4-11(13)9-10(12)6-7-14/h4-5,9H,6-8,14H2,1H3. The molecule has 0 atom stereocenters. The van der Waals surface area contributed by atoms with Gasteiger partial charge in [-0.2, -0.15) is 0 Å². The zero-order chi connectivity index (χ0) is 11.1. The third-order valence-electron chi connectivity index (χ3n) is 1.91. The molecule has 0 heterocycles. The maximum absolute atomic E-state index is 5.89. The maximum Gasteiger partial charge on any atom is 0.149 e. The molecular weight excluding hydrogens is 210 g/mol. The minimum absolute atomic E-state index is 0.399. The highest BCUT2D eigenvalue weighted by molar-refractivity contribution is 6.30. The fraction of sp³-hybridized carbons (Fsp3) is 0.333. The van der Waals surface area contributed by atoms with Gasteiger partial charge in [-0.1, -0.05) is 17.5 Å². The van der Waals surface area contributed by atoms with Gasteiger partial charge in [-0.25, -0.2) is 0 Å². The molecule has 0 radical (unpaired) electrons. The molecule has 0 aromatic heterocycles. The van der Waals surface area contributed by atoms with E-state index in [2.05, 4.69) is 11.8 Å². The normalized spacial score (nSPS) is 9.27. The Balaban J connectivity index is 2.78. The lowest BCUT2D eigenvalue weighted by atomic mass is 10.1. The number of hydrogen-bond acceptors (Lipinski definition) is 2. The molecule has 1 rings (SSSR count). The summed E-state index contributed by atoms with van der Waals surface area (Å²) >= 11 is 5.89. The van der Waals surface area contributed by atoms with E-state index in [1.807, 2.05) is 12.1 Å². The van der Waals surface area contributed by atoms with Crippen molar-refractivity contribution in [3.63, 3.8) is 0 Å². The Bertz CT molecular complexity index is 379. The van der Waals surface area contributed by atoms with Gasteiger partial charge in [0.05, 0.1) is 0 Å². The molecule has 1 aromatic carbocycles. The van der Waals surface area contributed by atoms with E-state index in [4.69, 9.17) is 22.1 Å². The number of nitrogens with two attached hydrogens (primary N) is 1. The van der Waals surface area contributed by atoms with Crippen LogP contribution in [-0.4, -0.2) is 13.2 Å². The summed E-state index contributed by atoms with van der Waals surface area (Å²) in [5.74, 6) is 6.43. The molecule has 0 saturated carbocycles. The Morgan fingerprint density at radius 2 is 2.27 bits per heavy atom. The van der Waals surface area contributed by atoms with Crippen molar-refractivity contribution in [3.8, 4) is 17.6 Å². The molecule has 80 valence electrons. The van der Waals surface area contributed by atoms with Crippen LogP contribution in [0.5, 0.6) is 5.75 Å². The molecule has 0 amide bonds. The van der Waals surface area contributed by atoms with E-state index in [9.17, 15) is 0 Å². The molecule has 3 heteroatoms. The van der Waals surface area contributed by atoms with Crippen molar-refractivity contribution in [2.75, 3.05) is 13.2 Å². The summed E-state index contributed by atoms with van der Waals surface area (Å²) in [4.78, 5) is 0. The average Bonchev–Trinajstić information content (AvgIpc) is 2.22. The molecule has 2 N–H and O–H groups in total.